The van der Waals surface area contributed by atoms with Gasteiger partial charge in [-0.1, -0.05) is 93.6 Å². The van der Waals surface area contributed by atoms with Crippen molar-refractivity contribution in [2.24, 2.45) is 0 Å². The second-order valence-corrected chi connectivity index (χ2v) is 18.8. The van der Waals surface area contributed by atoms with E-state index in [0.717, 1.165) is 10.4 Å². The molecule has 0 heterocycles. The first-order valence-electron chi connectivity index (χ1n) is 16.3. The number of nitrogens with zero attached hydrogens (tertiary/aromatic N) is 1. The molecule has 0 aliphatic heterocycles. The van der Waals surface area contributed by atoms with Crippen LogP contribution in [0, 0.1) is 0 Å². The van der Waals surface area contributed by atoms with E-state index in [9.17, 15) is 18.4 Å². The second-order valence-electron chi connectivity index (χ2n) is 14.5. The minimum absolute atomic E-state index is 0.0501. The summed E-state index contributed by atoms with van der Waals surface area (Å²) in [6.45, 7) is 11.7. The highest BCUT2D eigenvalue weighted by atomic mass is 28.4. The van der Waals surface area contributed by atoms with Gasteiger partial charge in [0.05, 0.1) is 19.1 Å². The quantitative estimate of drug-likeness (QED) is 0.165. The number of carbonyl (C=O) groups is 2. The predicted molar refractivity (Wildman–Crippen MR) is 184 cm³/mol. The lowest BCUT2D eigenvalue weighted by atomic mass is 9.67. The fourth-order valence-electron chi connectivity index (χ4n) is 6.73. The van der Waals surface area contributed by atoms with Gasteiger partial charge in [-0.2, -0.15) is 0 Å². The number of rotatable bonds is 11. The third kappa shape index (κ3) is 8.30. The van der Waals surface area contributed by atoms with Crippen LogP contribution in [0.25, 0.3) is 0 Å². The maximum absolute atomic E-state index is 14.8. The Bertz CT molecular complexity index is 1430. The smallest absolute Gasteiger partial charge is 0.326 e. The summed E-state index contributed by atoms with van der Waals surface area (Å²) in [6, 6.07) is 27.4. The standard InChI is InChI=1S/C38H49F2NO5Si/c1-35(2,3)46-33(42)28-41(34(43)37(22-24-38(39,40)25-23-37)29-18-20-30(44-7)21-19-29)26-27-45-47(36(4,5)6,31-14-10-8-11-15-31)32-16-12-9-13-17-32/h8-21H,22-28H2,1-7H3. The number of halogens is 2. The van der Waals surface area contributed by atoms with E-state index in [2.05, 4.69) is 45.0 Å². The van der Waals surface area contributed by atoms with E-state index in [4.69, 9.17) is 13.9 Å². The lowest BCUT2D eigenvalue weighted by molar-refractivity contribution is -0.161. The minimum atomic E-state index is -2.95. The van der Waals surface area contributed by atoms with E-state index in [-0.39, 0.29) is 43.5 Å². The van der Waals surface area contributed by atoms with Crippen LogP contribution in [0.1, 0.15) is 72.8 Å². The molecule has 0 spiro atoms. The number of hydrogen-bond donors (Lipinski definition) is 0. The number of methoxy groups -OCH3 is 1. The zero-order chi connectivity index (χ0) is 34.5. The van der Waals surface area contributed by atoms with Gasteiger partial charge in [0.1, 0.15) is 17.9 Å². The van der Waals surface area contributed by atoms with E-state index < -0.39 is 44.1 Å². The van der Waals surface area contributed by atoms with Crippen LogP contribution in [-0.4, -0.2) is 63.4 Å². The molecule has 47 heavy (non-hydrogen) atoms. The maximum atomic E-state index is 14.8. The third-order valence-electron chi connectivity index (χ3n) is 9.01. The summed E-state index contributed by atoms with van der Waals surface area (Å²) in [5, 5.41) is 1.88. The summed E-state index contributed by atoms with van der Waals surface area (Å²) in [7, 11) is -1.40. The van der Waals surface area contributed by atoms with Crippen molar-refractivity contribution < 1.29 is 32.3 Å². The number of hydrogen-bond acceptors (Lipinski definition) is 5. The van der Waals surface area contributed by atoms with Gasteiger partial charge in [-0.3, -0.25) is 9.59 Å². The molecule has 1 aliphatic carbocycles. The van der Waals surface area contributed by atoms with Gasteiger partial charge in [0.25, 0.3) is 8.32 Å². The summed E-state index contributed by atoms with van der Waals surface area (Å²) in [5.41, 5.74) is -1.38. The van der Waals surface area contributed by atoms with Crippen molar-refractivity contribution in [3.63, 3.8) is 0 Å². The van der Waals surface area contributed by atoms with E-state index in [0.29, 0.717) is 11.3 Å². The number of alkyl halides is 2. The van der Waals surface area contributed by atoms with Gasteiger partial charge in [0.15, 0.2) is 0 Å². The Morgan fingerprint density at radius 1 is 0.787 bits per heavy atom. The molecule has 0 saturated heterocycles. The van der Waals surface area contributed by atoms with E-state index >= 15 is 0 Å². The average Bonchev–Trinajstić information content (AvgIpc) is 3.02. The maximum Gasteiger partial charge on any atom is 0.326 e. The average molecular weight is 666 g/mol. The van der Waals surface area contributed by atoms with Crippen molar-refractivity contribution in [2.45, 2.75) is 89.2 Å². The number of carbonyl (C=O) groups excluding carboxylic acids is 2. The zero-order valence-electron chi connectivity index (χ0n) is 28.8. The molecule has 1 amide bonds. The number of amides is 1. The van der Waals surface area contributed by atoms with Gasteiger partial charge in [-0.15, -0.1) is 0 Å². The van der Waals surface area contributed by atoms with Crippen LogP contribution in [0.3, 0.4) is 0 Å². The number of benzene rings is 3. The molecular formula is C38H49F2NO5Si. The van der Waals surface area contributed by atoms with Crippen LogP contribution < -0.4 is 15.1 Å². The van der Waals surface area contributed by atoms with Crippen LogP contribution in [0.15, 0.2) is 84.9 Å². The Labute approximate surface area is 279 Å². The molecule has 0 radical (unpaired) electrons. The highest BCUT2D eigenvalue weighted by Gasteiger charge is 2.52. The van der Waals surface area contributed by atoms with E-state index in [1.165, 1.54) is 4.90 Å². The second kappa shape index (κ2) is 14.3. The lowest BCUT2D eigenvalue weighted by Gasteiger charge is -2.44. The summed E-state index contributed by atoms with van der Waals surface area (Å²) < 4.78 is 47.2. The first-order valence-corrected chi connectivity index (χ1v) is 18.2. The molecule has 0 atom stereocenters. The molecule has 0 N–H and O–H groups in total. The van der Waals surface area contributed by atoms with Gasteiger partial charge in [0.2, 0.25) is 11.8 Å². The van der Waals surface area contributed by atoms with Crippen molar-refractivity contribution >= 4 is 30.6 Å². The fraction of sp³-hybridized carbons (Fsp3) is 0.474. The van der Waals surface area contributed by atoms with Crippen LogP contribution in [0.5, 0.6) is 5.75 Å². The van der Waals surface area contributed by atoms with Crippen LogP contribution in [0.4, 0.5) is 8.78 Å². The summed E-state index contributed by atoms with van der Waals surface area (Å²) in [5.74, 6) is -3.21. The first kappa shape index (κ1) is 36.3. The molecule has 0 aromatic heterocycles. The van der Waals surface area contributed by atoms with Gasteiger partial charge in [-0.25, -0.2) is 8.78 Å². The number of esters is 1. The van der Waals surface area contributed by atoms with Crippen molar-refractivity contribution in [2.75, 3.05) is 26.8 Å². The van der Waals surface area contributed by atoms with Crippen LogP contribution in [0.2, 0.25) is 5.04 Å². The van der Waals surface area contributed by atoms with Crippen LogP contribution >= 0.6 is 0 Å². The van der Waals surface area contributed by atoms with Gasteiger partial charge in [0, 0.05) is 19.4 Å². The Morgan fingerprint density at radius 3 is 1.74 bits per heavy atom. The van der Waals surface area contributed by atoms with Crippen molar-refractivity contribution in [3.8, 4) is 5.75 Å². The molecule has 1 fully saturated rings. The molecule has 6 nitrogen and oxygen atoms in total. The zero-order valence-corrected chi connectivity index (χ0v) is 29.8. The molecule has 9 heteroatoms. The van der Waals surface area contributed by atoms with Gasteiger partial charge >= 0.3 is 5.97 Å². The Balaban J connectivity index is 1.74. The largest absolute Gasteiger partial charge is 0.497 e. The van der Waals surface area contributed by atoms with Gasteiger partial charge < -0.3 is 18.8 Å². The molecule has 3 aromatic rings. The SMILES string of the molecule is COc1ccc(C2(C(=O)N(CCO[Si](c3ccccc3)(c3ccccc3)C(C)(C)C)CC(=O)OC(C)(C)C)CCC(F)(F)CC2)cc1. The summed E-state index contributed by atoms with van der Waals surface area (Å²) in [4.78, 5) is 29.5. The summed E-state index contributed by atoms with van der Waals surface area (Å²) >= 11 is 0. The Hall–Kier alpha value is -3.56. The topological polar surface area (TPSA) is 65.1 Å². The highest BCUT2D eigenvalue weighted by Crippen LogP contribution is 2.47. The molecule has 0 unspecified atom stereocenters. The normalized spacial score (nSPS) is 16.3. The summed E-state index contributed by atoms with van der Waals surface area (Å²) in [6.07, 6.45) is -0.954. The Morgan fingerprint density at radius 2 is 1.30 bits per heavy atom. The van der Waals surface area contributed by atoms with Gasteiger partial charge in [-0.05, 0) is 66.7 Å². The fourth-order valence-corrected chi connectivity index (χ4v) is 11.3. The molecule has 1 aliphatic rings. The van der Waals surface area contributed by atoms with Crippen molar-refractivity contribution in [3.05, 3.63) is 90.5 Å². The van der Waals surface area contributed by atoms with E-state index in [1.807, 2.05) is 36.4 Å². The molecule has 4 rings (SSSR count). The highest BCUT2D eigenvalue weighted by molar-refractivity contribution is 6.99. The predicted octanol–water partition coefficient (Wildman–Crippen LogP) is 6.89. The van der Waals surface area contributed by atoms with Crippen molar-refractivity contribution in [1.82, 2.24) is 4.90 Å². The molecule has 0 bridgehead atoms. The lowest BCUT2D eigenvalue weighted by Crippen LogP contribution is -2.67. The Kier molecular flexibility index (Phi) is 11.0. The van der Waals surface area contributed by atoms with E-state index in [1.54, 1.807) is 52.1 Å². The molecule has 1 saturated carbocycles. The third-order valence-corrected chi connectivity index (χ3v) is 14.1. The molecule has 254 valence electrons. The monoisotopic (exact) mass is 665 g/mol. The minimum Gasteiger partial charge on any atom is -0.497 e. The molecular weight excluding hydrogens is 617 g/mol. The number of ether oxygens (including phenoxy) is 2. The van der Waals surface area contributed by atoms with Crippen molar-refractivity contribution in [1.29, 1.82) is 0 Å². The molecule has 3 aromatic carbocycles. The van der Waals surface area contributed by atoms with Crippen LogP contribution in [-0.2, 0) is 24.2 Å². The first-order chi connectivity index (χ1) is 22.0.